The number of anilines is 1. The second kappa shape index (κ2) is 4.75. The Morgan fingerprint density at radius 2 is 2.06 bits per heavy atom. The number of aryl methyl sites for hydroxylation is 1. The van der Waals surface area contributed by atoms with E-state index >= 15 is 0 Å². The summed E-state index contributed by atoms with van der Waals surface area (Å²) in [6.07, 6.45) is 0. The maximum Gasteiger partial charge on any atom is 0.152 e. The number of rotatable bonds is 3. The van der Waals surface area contributed by atoms with Gasteiger partial charge in [-0.05, 0) is 31.5 Å². The number of aromatic nitrogens is 3. The molecule has 1 aromatic carbocycles. The Balaban J connectivity index is 2.13. The van der Waals surface area contributed by atoms with Gasteiger partial charge < -0.3 is 9.88 Å². The van der Waals surface area contributed by atoms with Crippen LogP contribution in [0.3, 0.4) is 0 Å². The van der Waals surface area contributed by atoms with Crippen molar-refractivity contribution in [3.63, 3.8) is 0 Å². The first-order chi connectivity index (χ1) is 8.09. The lowest BCUT2D eigenvalue weighted by molar-refractivity contribution is 0.789. The molecule has 5 heteroatoms. The van der Waals surface area contributed by atoms with Crippen LogP contribution in [0.25, 0.3) is 0 Å². The summed E-state index contributed by atoms with van der Waals surface area (Å²) >= 11 is 6.06. The van der Waals surface area contributed by atoms with Crippen molar-refractivity contribution in [2.24, 2.45) is 7.05 Å². The maximum atomic E-state index is 6.06. The van der Waals surface area contributed by atoms with Crippen molar-refractivity contribution in [1.82, 2.24) is 14.8 Å². The molecule has 0 radical (unpaired) electrons. The molecule has 4 nitrogen and oxygen atoms in total. The lowest BCUT2D eigenvalue weighted by atomic mass is 10.2. The minimum absolute atomic E-state index is 0.637. The van der Waals surface area contributed by atoms with Gasteiger partial charge >= 0.3 is 0 Å². The number of nitrogens with zero attached hydrogens (tertiary/aromatic N) is 3. The van der Waals surface area contributed by atoms with E-state index in [1.54, 1.807) is 0 Å². The average Bonchev–Trinajstić information content (AvgIpc) is 2.62. The van der Waals surface area contributed by atoms with Crippen molar-refractivity contribution in [2.75, 3.05) is 5.32 Å². The Morgan fingerprint density at radius 3 is 2.71 bits per heavy atom. The minimum Gasteiger partial charge on any atom is -0.377 e. The molecular weight excluding hydrogens is 236 g/mol. The van der Waals surface area contributed by atoms with Gasteiger partial charge in [0.2, 0.25) is 0 Å². The monoisotopic (exact) mass is 250 g/mol. The van der Waals surface area contributed by atoms with Crippen molar-refractivity contribution in [2.45, 2.75) is 20.4 Å². The normalized spacial score (nSPS) is 10.6. The lowest BCUT2D eigenvalue weighted by Gasteiger charge is -2.10. The van der Waals surface area contributed by atoms with Crippen LogP contribution in [-0.2, 0) is 13.6 Å². The quantitative estimate of drug-likeness (QED) is 0.911. The fraction of sp³-hybridized carbons (Fsp3) is 0.333. The zero-order chi connectivity index (χ0) is 12.4. The third kappa shape index (κ3) is 2.42. The zero-order valence-corrected chi connectivity index (χ0v) is 10.9. The van der Waals surface area contributed by atoms with Crippen LogP contribution in [0.4, 0.5) is 5.69 Å². The number of benzene rings is 1. The summed E-state index contributed by atoms with van der Waals surface area (Å²) in [5, 5.41) is 12.2. The van der Waals surface area contributed by atoms with Crippen LogP contribution < -0.4 is 5.32 Å². The van der Waals surface area contributed by atoms with E-state index in [9.17, 15) is 0 Å². The van der Waals surface area contributed by atoms with Gasteiger partial charge in [-0.1, -0.05) is 17.7 Å². The van der Waals surface area contributed by atoms with Crippen LogP contribution in [0.2, 0.25) is 5.02 Å². The SMILES string of the molecule is Cc1c(Cl)cccc1NCc1nnc(C)n1C. The van der Waals surface area contributed by atoms with Crippen molar-refractivity contribution >= 4 is 17.3 Å². The van der Waals surface area contributed by atoms with Gasteiger partial charge in [0, 0.05) is 17.8 Å². The van der Waals surface area contributed by atoms with E-state index in [4.69, 9.17) is 11.6 Å². The summed E-state index contributed by atoms with van der Waals surface area (Å²) in [5.74, 6) is 1.81. The largest absolute Gasteiger partial charge is 0.377 e. The highest BCUT2D eigenvalue weighted by molar-refractivity contribution is 6.31. The van der Waals surface area contributed by atoms with Gasteiger partial charge in [-0.2, -0.15) is 0 Å². The Labute approximate surface area is 106 Å². The van der Waals surface area contributed by atoms with Crippen LogP contribution in [0.1, 0.15) is 17.2 Å². The van der Waals surface area contributed by atoms with Gasteiger partial charge in [-0.3, -0.25) is 0 Å². The van der Waals surface area contributed by atoms with Crippen LogP contribution in [0.5, 0.6) is 0 Å². The highest BCUT2D eigenvalue weighted by Gasteiger charge is 2.06. The molecule has 0 saturated heterocycles. The Kier molecular flexibility index (Phi) is 3.33. The molecule has 0 aliphatic rings. The molecule has 0 saturated carbocycles. The van der Waals surface area contributed by atoms with Gasteiger partial charge in [0.05, 0.1) is 6.54 Å². The van der Waals surface area contributed by atoms with Crippen LogP contribution in [0, 0.1) is 13.8 Å². The third-order valence-corrected chi connectivity index (χ3v) is 3.30. The van der Waals surface area contributed by atoms with Crippen molar-refractivity contribution in [3.8, 4) is 0 Å². The van der Waals surface area contributed by atoms with Crippen molar-refractivity contribution < 1.29 is 0 Å². The molecule has 0 atom stereocenters. The lowest BCUT2D eigenvalue weighted by Crippen LogP contribution is -2.07. The van der Waals surface area contributed by atoms with Crippen LogP contribution >= 0.6 is 11.6 Å². The molecule has 0 aliphatic heterocycles. The van der Waals surface area contributed by atoms with E-state index in [0.29, 0.717) is 6.54 Å². The molecule has 0 aliphatic carbocycles. The fourth-order valence-corrected chi connectivity index (χ4v) is 1.75. The first-order valence-electron chi connectivity index (χ1n) is 5.43. The van der Waals surface area contributed by atoms with Gasteiger partial charge in [-0.15, -0.1) is 10.2 Å². The molecule has 1 N–H and O–H groups in total. The van der Waals surface area contributed by atoms with E-state index in [1.807, 2.05) is 43.7 Å². The summed E-state index contributed by atoms with van der Waals surface area (Å²) in [7, 11) is 1.96. The van der Waals surface area contributed by atoms with E-state index in [1.165, 1.54) is 0 Å². The standard InChI is InChI=1S/C12H15ClN4/c1-8-10(13)5-4-6-11(8)14-7-12-16-15-9(2)17(12)3/h4-6,14H,7H2,1-3H3. The van der Waals surface area contributed by atoms with Crippen molar-refractivity contribution in [1.29, 1.82) is 0 Å². The molecule has 0 spiro atoms. The molecule has 0 unspecified atom stereocenters. The van der Waals surface area contributed by atoms with Gasteiger partial charge in [0.25, 0.3) is 0 Å². The first kappa shape index (κ1) is 11.9. The van der Waals surface area contributed by atoms with E-state index in [-0.39, 0.29) is 0 Å². The topological polar surface area (TPSA) is 42.7 Å². The molecule has 2 rings (SSSR count). The van der Waals surface area contributed by atoms with E-state index in [0.717, 1.165) is 27.9 Å². The highest BCUT2D eigenvalue weighted by Crippen LogP contribution is 2.23. The zero-order valence-electron chi connectivity index (χ0n) is 10.2. The second-order valence-corrected chi connectivity index (χ2v) is 4.40. The number of nitrogens with one attached hydrogen (secondary N) is 1. The molecule has 90 valence electrons. The van der Waals surface area contributed by atoms with E-state index in [2.05, 4.69) is 15.5 Å². The maximum absolute atomic E-state index is 6.06. The van der Waals surface area contributed by atoms with Crippen LogP contribution in [-0.4, -0.2) is 14.8 Å². The molecular formula is C12H15ClN4. The molecule has 2 aromatic rings. The number of hydrogen-bond donors (Lipinski definition) is 1. The van der Waals surface area contributed by atoms with Gasteiger partial charge in [0.1, 0.15) is 5.82 Å². The predicted molar refractivity (Wildman–Crippen MR) is 69.3 cm³/mol. The molecule has 17 heavy (non-hydrogen) atoms. The molecule has 1 heterocycles. The van der Waals surface area contributed by atoms with Gasteiger partial charge in [0.15, 0.2) is 5.82 Å². The Bertz CT molecular complexity index is 533. The summed E-state index contributed by atoms with van der Waals surface area (Å²) in [4.78, 5) is 0. The third-order valence-electron chi connectivity index (χ3n) is 2.89. The summed E-state index contributed by atoms with van der Waals surface area (Å²) in [6.45, 7) is 4.56. The smallest absolute Gasteiger partial charge is 0.152 e. The molecule has 0 fully saturated rings. The molecule has 0 bridgehead atoms. The Morgan fingerprint density at radius 1 is 1.29 bits per heavy atom. The predicted octanol–water partition coefficient (Wildman–Crippen LogP) is 2.70. The molecule has 0 amide bonds. The Hall–Kier alpha value is -1.55. The van der Waals surface area contributed by atoms with Gasteiger partial charge in [-0.25, -0.2) is 0 Å². The minimum atomic E-state index is 0.637. The number of halogens is 1. The number of hydrogen-bond acceptors (Lipinski definition) is 3. The van der Waals surface area contributed by atoms with Crippen LogP contribution in [0.15, 0.2) is 18.2 Å². The van der Waals surface area contributed by atoms with E-state index < -0.39 is 0 Å². The first-order valence-corrected chi connectivity index (χ1v) is 5.81. The van der Waals surface area contributed by atoms with Crippen molar-refractivity contribution in [3.05, 3.63) is 40.4 Å². The average molecular weight is 251 g/mol. The highest BCUT2D eigenvalue weighted by atomic mass is 35.5. The fourth-order valence-electron chi connectivity index (χ4n) is 1.58. The molecule has 1 aromatic heterocycles. The summed E-state index contributed by atoms with van der Waals surface area (Å²) in [5.41, 5.74) is 2.08. The second-order valence-electron chi connectivity index (χ2n) is 3.99. The summed E-state index contributed by atoms with van der Waals surface area (Å²) in [6, 6.07) is 5.82. The summed E-state index contributed by atoms with van der Waals surface area (Å²) < 4.78 is 1.97.